The van der Waals surface area contributed by atoms with Gasteiger partial charge < -0.3 is 9.64 Å². The minimum atomic E-state index is -3.02. The Bertz CT molecular complexity index is 652. The van der Waals surface area contributed by atoms with Crippen molar-refractivity contribution in [1.29, 1.82) is 0 Å². The van der Waals surface area contributed by atoms with E-state index in [9.17, 15) is 13.2 Å². The van der Waals surface area contributed by atoms with Crippen LogP contribution in [0.3, 0.4) is 0 Å². The zero-order valence-corrected chi connectivity index (χ0v) is 15.5. The average molecular weight is 353 g/mol. The summed E-state index contributed by atoms with van der Waals surface area (Å²) in [6.07, 6.45) is 1.48. The molecule has 0 radical (unpaired) electrons. The van der Waals surface area contributed by atoms with Crippen LogP contribution in [-0.4, -0.2) is 43.4 Å². The highest BCUT2D eigenvalue weighted by molar-refractivity contribution is 7.91. The molecule has 0 saturated carbocycles. The van der Waals surface area contributed by atoms with Crippen molar-refractivity contribution < 1.29 is 17.9 Å². The van der Waals surface area contributed by atoms with Crippen molar-refractivity contribution in [2.45, 2.75) is 46.2 Å². The fourth-order valence-electron chi connectivity index (χ4n) is 2.85. The van der Waals surface area contributed by atoms with Crippen LogP contribution in [0.1, 0.15) is 39.2 Å². The predicted octanol–water partition coefficient (Wildman–Crippen LogP) is 2.65. The zero-order valence-electron chi connectivity index (χ0n) is 14.7. The van der Waals surface area contributed by atoms with Gasteiger partial charge in [0.1, 0.15) is 5.75 Å². The molecule has 1 fully saturated rings. The van der Waals surface area contributed by atoms with Gasteiger partial charge >= 0.3 is 0 Å². The fourth-order valence-corrected chi connectivity index (χ4v) is 4.58. The molecule has 24 heavy (non-hydrogen) atoms. The van der Waals surface area contributed by atoms with Crippen molar-refractivity contribution >= 4 is 15.7 Å². The maximum Gasteiger partial charge on any atom is 0.225 e. The van der Waals surface area contributed by atoms with Gasteiger partial charge in [0.15, 0.2) is 9.84 Å². The first kappa shape index (κ1) is 18.8. The molecule has 0 spiro atoms. The van der Waals surface area contributed by atoms with E-state index in [1.807, 2.05) is 38.1 Å². The van der Waals surface area contributed by atoms with Gasteiger partial charge in [-0.3, -0.25) is 4.79 Å². The standard InChI is InChI=1S/C18H27NO4S/c1-4-10-23-17-7-5-15(6-8-17)12-19(18(20)14(2)3)16-9-11-24(21,22)13-16/h5-8,14,16H,4,9-13H2,1-3H3/t16-/m1/s1. The highest BCUT2D eigenvalue weighted by atomic mass is 32.2. The molecule has 0 bridgehead atoms. The van der Waals surface area contributed by atoms with Crippen LogP contribution in [0, 0.1) is 5.92 Å². The summed E-state index contributed by atoms with van der Waals surface area (Å²) in [7, 11) is -3.02. The van der Waals surface area contributed by atoms with Crippen molar-refractivity contribution in [3.8, 4) is 5.75 Å². The molecular weight excluding hydrogens is 326 g/mol. The molecular formula is C18H27NO4S. The van der Waals surface area contributed by atoms with Gasteiger partial charge in [-0.05, 0) is 30.5 Å². The zero-order chi connectivity index (χ0) is 17.7. The summed E-state index contributed by atoms with van der Waals surface area (Å²) in [6, 6.07) is 7.45. The second-order valence-electron chi connectivity index (χ2n) is 6.67. The van der Waals surface area contributed by atoms with Crippen molar-refractivity contribution in [2.24, 2.45) is 5.92 Å². The lowest BCUT2D eigenvalue weighted by Crippen LogP contribution is -2.42. The topological polar surface area (TPSA) is 63.7 Å². The molecule has 1 saturated heterocycles. The lowest BCUT2D eigenvalue weighted by Gasteiger charge is -2.30. The number of carbonyl (C=O) groups excluding carboxylic acids is 1. The number of hydrogen-bond acceptors (Lipinski definition) is 4. The van der Waals surface area contributed by atoms with Crippen LogP contribution in [0.5, 0.6) is 5.75 Å². The number of amides is 1. The van der Waals surface area contributed by atoms with Crippen LogP contribution >= 0.6 is 0 Å². The van der Waals surface area contributed by atoms with Crippen LogP contribution in [0.15, 0.2) is 24.3 Å². The number of carbonyl (C=O) groups is 1. The molecule has 1 aliphatic rings. The summed E-state index contributed by atoms with van der Waals surface area (Å²) in [5, 5.41) is 0. The third kappa shape index (κ3) is 4.97. The van der Waals surface area contributed by atoms with Gasteiger partial charge in [-0.1, -0.05) is 32.9 Å². The van der Waals surface area contributed by atoms with E-state index in [0.29, 0.717) is 19.6 Å². The smallest absolute Gasteiger partial charge is 0.225 e. The Balaban J connectivity index is 2.12. The number of ether oxygens (including phenoxy) is 1. The van der Waals surface area contributed by atoms with Gasteiger partial charge in [0.25, 0.3) is 0 Å². The third-order valence-corrected chi connectivity index (χ3v) is 5.93. The van der Waals surface area contributed by atoms with Gasteiger partial charge in [-0.25, -0.2) is 8.42 Å². The molecule has 1 atom stereocenters. The van der Waals surface area contributed by atoms with Crippen LogP contribution in [-0.2, 0) is 21.2 Å². The number of sulfone groups is 1. The van der Waals surface area contributed by atoms with Crippen LogP contribution in [0.2, 0.25) is 0 Å². The summed E-state index contributed by atoms with van der Waals surface area (Å²) in [6.45, 7) is 6.86. The maximum absolute atomic E-state index is 12.6. The lowest BCUT2D eigenvalue weighted by atomic mass is 10.1. The first-order chi connectivity index (χ1) is 11.3. The summed E-state index contributed by atoms with van der Waals surface area (Å²) < 4.78 is 29.1. The molecule has 0 N–H and O–H groups in total. The number of hydrogen-bond donors (Lipinski definition) is 0. The van der Waals surface area contributed by atoms with Crippen molar-refractivity contribution in [2.75, 3.05) is 18.1 Å². The van der Waals surface area contributed by atoms with E-state index in [4.69, 9.17) is 4.74 Å². The highest BCUT2D eigenvalue weighted by Gasteiger charge is 2.35. The second-order valence-corrected chi connectivity index (χ2v) is 8.90. The average Bonchev–Trinajstić information content (AvgIpc) is 2.90. The number of nitrogens with zero attached hydrogens (tertiary/aromatic N) is 1. The summed E-state index contributed by atoms with van der Waals surface area (Å²) >= 11 is 0. The van der Waals surface area contributed by atoms with E-state index in [0.717, 1.165) is 17.7 Å². The molecule has 1 aromatic carbocycles. The van der Waals surface area contributed by atoms with E-state index in [2.05, 4.69) is 6.92 Å². The van der Waals surface area contributed by atoms with E-state index in [1.165, 1.54) is 0 Å². The van der Waals surface area contributed by atoms with Crippen molar-refractivity contribution in [3.05, 3.63) is 29.8 Å². The Labute approximate surface area is 144 Å². The first-order valence-electron chi connectivity index (χ1n) is 8.55. The van der Waals surface area contributed by atoms with E-state index < -0.39 is 9.84 Å². The molecule has 0 aromatic heterocycles. The van der Waals surface area contributed by atoms with Gasteiger partial charge in [-0.2, -0.15) is 0 Å². The summed E-state index contributed by atoms with van der Waals surface area (Å²) in [4.78, 5) is 14.3. The summed E-state index contributed by atoms with van der Waals surface area (Å²) in [5.41, 5.74) is 0.983. The number of rotatable bonds is 7. The van der Waals surface area contributed by atoms with Crippen LogP contribution in [0.25, 0.3) is 0 Å². The Morgan fingerprint density at radius 1 is 1.29 bits per heavy atom. The first-order valence-corrected chi connectivity index (χ1v) is 10.4. The van der Waals surface area contributed by atoms with E-state index in [-0.39, 0.29) is 29.4 Å². The highest BCUT2D eigenvalue weighted by Crippen LogP contribution is 2.23. The van der Waals surface area contributed by atoms with Gasteiger partial charge in [-0.15, -0.1) is 0 Å². The van der Waals surface area contributed by atoms with E-state index in [1.54, 1.807) is 4.90 Å². The maximum atomic E-state index is 12.6. The monoisotopic (exact) mass is 353 g/mol. The largest absolute Gasteiger partial charge is 0.494 e. The van der Waals surface area contributed by atoms with E-state index >= 15 is 0 Å². The van der Waals surface area contributed by atoms with Gasteiger partial charge in [0.05, 0.1) is 18.1 Å². The Morgan fingerprint density at radius 3 is 2.46 bits per heavy atom. The number of benzene rings is 1. The molecule has 1 aliphatic heterocycles. The molecule has 0 unspecified atom stereocenters. The predicted molar refractivity (Wildman–Crippen MR) is 94.7 cm³/mol. The molecule has 2 rings (SSSR count). The van der Waals surface area contributed by atoms with Gasteiger partial charge in [0, 0.05) is 18.5 Å². The van der Waals surface area contributed by atoms with Crippen LogP contribution < -0.4 is 4.74 Å². The van der Waals surface area contributed by atoms with Gasteiger partial charge in [0.2, 0.25) is 5.91 Å². The van der Waals surface area contributed by atoms with Crippen molar-refractivity contribution in [3.63, 3.8) is 0 Å². The lowest BCUT2D eigenvalue weighted by molar-refractivity contribution is -0.137. The van der Waals surface area contributed by atoms with Crippen molar-refractivity contribution in [1.82, 2.24) is 4.90 Å². The molecule has 5 nitrogen and oxygen atoms in total. The minimum Gasteiger partial charge on any atom is -0.494 e. The molecule has 6 heteroatoms. The molecule has 1 heterocycles. The SMILES string of the molecule is CCCOc1ccc(CN(C(=O)C(C)C)[C@@H]2CCS(=O)(=O)C2)cc1. The van der Waals surface area contributed by atoms with Crippen LogP contribution in [0.4, 0.5) is 0 Å². The molecule has 1 aromatic rings. The second kappa shape index (κ2) is 8.01. The summed E-state index contributed by atoms with van der Waals surface area (Å²) in [5.74, 6) is 0.904. The molecule has 134 valence electrons. The third-order valence-electron chi connectivity index (χ3n) is 4.18. The Hall–Kier alpha value is -1.56. The quantitative estimate of drug-likeness (QED) is 0.756. The molecule has 0 aliphatic carbocycles. The Kier molecular flexibility index (Phi) is 6.27. The normalized spacial score (nSPS) is 19.4. The molecule has 1 amide bonds. The fraction of sp³-hybridized carbons (Fsp3) is 0.611. The minimum absolute atomic E-state index is 0.00316. The Morgan fingerprint density at radius 2 is 1.96 bits per heavy atom.